The highest BCUT2D eigenvalue weighted by molar-refractivity contribution is 7.99. The lowest BCUT2D eigenvalue weighted by Crippen LogP contribution is -2.19. The highest BCUT2D eigenvalue weighted by atomic mass is 32.2. The third-order valence-electron chi connectivity index (χ3n) is 3.38. The maximum Gasteiger partial charge on any atom is 0.337 e. The van der Waals surface area contributed by atoms with Crippen molar-refractivity contribution in [2.45, 2.75) is 19.3 Å². The van der Waals surface area contributed by atoms with E-state index in [0.717, 1.165) is 24.3 Å². The number of carbonyl (C=O) groups is 2. The monoisotopic (exact) mass is 293 g/mol. The second-order valence-electron chi connectivity index (χ2n) is 4.88. The molecule has 4 nitrogen and oxygen atoms in total. The number of esters is 1. The first-order valence-corrected chi connectivity index (χ1v) is 7.90. The third kappa shape index (κ3) is 4.27. The lowest BCUT2D eigenvalue weighted by molar-refractivity contribution is -0.117. The van der Waals surface area contributed by atoms with Crippen LogP contribution in [-0.2, 0) is 9.53 Å². The molecule has 1 fully saturated rings. The van der Waals surface area contributed by atoms with Gasteiger partial charge in [-0.15, -0.1) is 0 Å². The normalized spacial score (nSPS) is 15.7. The van der Waals surface area contributed by atoms with Crippen LogP contribution < -0.4 is 5.32 Å². The van der Waals surface area contributed by atoms with Crippen LogP contribution in [0.3, 0.4) is 0 Å². The first kappa shape index (κ1) is 14.9. The number of ether oxygens (including phenoxy) is 1. The zero-order valence-corrected chi connectivity index (χ0v) is 12.4. The molecule has 1 aliphatic heterocycles. The molecule has 1 aromatic carbocycles. The van der Waals surface area contributed by atoms with E-state index in [-0.39, 0.29) is 5.91 Å². The van der Waals surface area contributed by atoms with Gasteiger partial charge in [0.2, 0.25) is 5.91 Å². The van der Waals surface area contributed by atoms with E-state index in [0.29, 0.717) is 23.6 Å². The summed E-state index contributed by atoms with van der Waals surface area (Å²) in [6, 6.07) is 6.82. The Hall–Kier alpha value is -1.49. The molecule has 0 aromatic heterocycles. The van der Waals surface area contributed by atoms with Gasteiger partial charge >= 0.3 is 5.97 Å². The van der Waals surface area contributed by atoms with Crippen LogP contribution in [-0.4, -0.2) is 30.5 Å². The summed E-state index contributed by atoms with van der Waals surface area (Å²) in [6.45, 7) is 0. The molecule has 0 unspecified atom stereocenters. The quantitative estimate of drug-likeness (QED) is 0.867. The van der Waals surface area contributed by atoms with Crippen molar-refractivity contribution in [1.29, 1.82) is 0 Å². The predicted molar refractivity (Wildman–Crippen MR) is 81.1 cm³/mol. The van der Waals surface area contributed by atoms with E-state index < -0.39 is 5.97 Å². The zero-order valence-electron chi connectivity index (χ0n) is 11.6. The van der Waals surface area contributed by atoms with Crippen LogP contribution in [0.5, 0.6) is 0 Å². The zero-order chi connectivity index (χ0) is 14.4. The average Bonchev–Trinajstić information content (AvgIpc) is 2.47. The topological polar surface area (TPSA) is 55.4 Å². The van der Waals surface area contributed by atoms with E-state index in [1.165, 1.54) is 7.11 Å². The molecule has 1 heterocycles. The van der Waals surface area contributed by atoms with Crippen LogP contribution in [0.25, 0.3) is 0 Å². The van der Waals surface area contributed by atoms with Gasteiger partial charge in [0.1, 0.15) is 0 Å². The van der Waals surface area contributed by atoms with E-state index in [4.69, 9.17) is 0 Å². The molecular formula is C15H19NO3S. The molecule has 0 radical (unpaired) electrons. The van der Waals surface area contributed by atoms with Crippen molar-refractivity contribution in [3.05, 3.63) is 29.8 Å². The SMILES string of the molecule is COC(=O)c1cccc(NC(=O)CC2CCSCC2)c1. The molecule has 0 aliphatic carbocycles. The van der Waals surface area contributed by atoms with Gasteiger partial charge in [0, 0.05) is 12.1 Å². The van der Waals surface area contributed by atoms with Crippen molar-refractivity contribution in [2.75, 3.05) is 23.9 Å². The minimum Gasteiger partial charge on any atom is -0.465 e. The molecule has 1 amide bonds. The van der Waals surface area contributed by atoms with Crippen LogP contribution >= 0.6 is 11.8 Å². The summed E-state index contributed by atoms with van der Waals surface area (Å²) in [5, 5.41) is 2.86. The molecule has 0 bridgehead atoms. The van der Waals surface area contributed by atoms with Gasteiger partial charge in [-0.1, -0.05) is 6.07 Å². The first-order chi connectivity index (χ1) is 9.69. The maximum absolute atomic E-state index is 12.0. The van der Waals surface area contributed by atoms with Crippen LogP contribution in [0.4, 0.5) is 5.69 Å². The molecule has 1 aliphatic rings. The first-order valence-electron chi connectivity index (χ1n) is 6.75. The summed E-state index contributed by atoms with van der Waals surface area (Å²) in [4.78, 5) is 23.4. The molecule has 108 valence electrons. The van der Waals surface area contributed by atoms with Gasteiger partial charge in [0.25, 0.3) is 0 Å². The summed E-state index contributed by atoms with van der Waals surface area (Å²) in [7, 11) is 1.34. The number of hydrogen-bond donors (Lipinski definition) is 1. The number of nitrogens with one attached hydrogen (secondary N) is 1. The summed E-state index contributed by atoms with van der Waals surface area (Å²) < 4.78 is 4.66. The van der Waals surface area contributed by atoms with E-state index in [1.54, 1.807) is 24.3 Å². The second-order valence-corrected chi connectivity index (χ2v) is 6.11. The fourth-order valence-corrected chi connectivity index (χ4v) is 3.47. The Bertz CT molecular complexity index is 484. The van der Waals surface area contributed by atoms with Gasteiger partial charge in [-0.25, -0.2) is 4.79 Å². The maximum atomic E-state index is 12.0. The van der Waals surface area contributed by atoms with E-state index in [2.05, 4.69) is 10.1 Å². The predicted octanol–water partition coefficient (Wildman–Crippen LogP) is 2.95. The summed E-state index contributed by atoms with van der Waals surface area (Å²) >= 11 is 1.95. The molecule has 0 saturated carbocycles. The highest BCUT2D eigenvalue weighted by Crippen LogP contribution is 2.25. The van der Waals surface area contributed by atoms with Crippen LogP contribution in [0.1, 0.15) is 29.6 Å². The molecule has 5 heteroatoms. The minimum absolute atomic E-state index is 0.0175. The Morgan fingerprint density at radius 3 is 2.80 bits per heavy atom. The Morgan fingerprint density at radius 2 is 2.10 bits per heavy atom. The van der Waals surface area contributed by atoms with Gasteiger partial charge in [-0.3, -0.25) is 4.79 Å². The van der Waals surface area contributed by atoms with Crippen molar-refractivity contribution in [1.82, 2.24) is 0 Å². The van der Waals surface area contributed by atoms with E-state index >= 15 is 0 Å². The molecule has 20 heavy (non-hydrogen) atoms. The standard InChI is InChI=1S/C15H19NO3S/c1-19-15(18)12-3-2-4-13(10-12)16-14(17)9-11-5-7-20-8-6-11/h2-4,10-11H,5-9H2,1H3,(H,16,17). The summed E-state index contributed by atoms with van der Waals surface area (Å²) in [6.07, 6.45) is 2.78. The Kier molecular flexibility index (Phi) is 5.47. The molecule has 2 rings (SSSR count). The minimum atomic E-state index is -0.398. The molecule has 0 spiro atoms. The number of anilines is 1. The number of rotatable bonds is 4. The Morgan fingerprint density at radius 1 is 1.35 bits per heavy atom. The van der Waals surface area contributed by atoms with Crippen molar-refractivity contribution in [3.63, 3.8) is 0 Å². The van der Waals surface area contributed by atoms with Gasteiger partial charge in [-0.2, -0.15) is 11.8 Å². The second kappa shape index (κ2) is 7.33. The Labute approximate surface area is 123 Å². The summed E-state index contributed by atoms with van der Waals surface area (Å²) in [5.41, 5.74) is 1.09. The number of methoxy groups -OCH3 is 1. The average molecular weight is 293 g/mol. The molecule has 1 N–H and O–H groups in total. The lowest BCUT2D eigenvalue weighted by atomic mass is 9.98. The summed E-state index contributed by atoms with van der Waals surface area (Å²) in [5.74, 6) is 2.40. The Balaban J connectivity index is 1.91. The van der Waals surface area contributed by atoms with Crippen LogP contribution in [0.2, 0.25) is 0 Å². The van der Waals surface area contributed by atoms with Crippen molar-refractivity contribution < 1.29 is 14.3 Å². The number of thioether (sulfide) groups is 1. The fourth-order valence-electron chi connectivity index (χ4n) is 2.27. The van der Waals surface area contributed by atoms with Gasteiger partial charge in [-0.05, 0) is 48.5 Å². The largest absolute Gasteiger partial charge is 0.465 e. The lowest BCUT2D eigenvalue weighted by Gasteiger charge is -2.20. The molecular weight excluding hydrogens is 274 g/mol. The van der Waals surface area contributed by atoms with Crippen molar-refractivity contribution >= 4 is 29.3 Å². The smallest absolute Gasteiger partial charge is 0.337 e. The van der Waals surface area contributed by atoms with Crippen LogP contribution in [0.15, 0.2) is 24.3 Å². The van der Waals surface area contributed by atoms with Crippen molar-refractivity contribution in [3.8, 4) is 0 Å². The molecule has 1 aromatic rings. The number of hydrogen-bond acceptors (Lipinski definition) is 4. The highest BCUT2D eigenvalue weighted by Gasteiger charge is 2.17. The number of amides is 1. The van der Waals surface area contributed by atoms with Gasteiger partial charge in [0.15, 0.2) is 0 Å². The van der Waals surface area contributed by atoms with E-state index in [9.17, 15) is 9.59 Å². The van der Waals surface area contributed by atoms with Crippen LogP contribution in [0, 0.1) is 5.92 Å². The van der Waals surface area contributed by atoms with Gasteiger partial charge in [0.05, 0.1) is 12.7 Å². The third-order valence-corrected chi connectivity index (χ3v) is 4.43. The number of carbonyl (C=O) groups excluding carboxylic acids is 2. The molecule has 1 saturated heterocycles. The molecule has 0 atom stereocenters. The number of benzene rings is 1. The van der Waals surface area contributed by atoms with E-state index in [1.807, 2.05) is 11.8 Å². The fraction of sp³-hybridized carbons (Fsp3) is 0.467. The van der Waals surface area contributed by atoms with Gasteiger partial charge < -0.3 is 10.1 Å². The van der Waals surface area contributed by atoms with Crippen molar-refractivity contribution in [2.24, 2.45) is 5.92 Å².